The predicted molar refractivity (Wildman–Crippen MR) is 104 cm³/mol. The number of benzene rings is 2. The van der Waals surface area contributed by atoms with Crippen molar-refractivity contribution in [3.05, 3.63) is 64.1 Å². The number of nitrogens with zero attached hydrogens (tertiary/aromatic N) is 1. The Morgan fingerprint density at radius 2 is 1.96 bits per heavy atom. The second-order valence-corrected chi connectivity index (χ2v) is 6.84. The smallest absolute Gasteiger partial charge is 0.310 e. The van der Waals surface area contributed by atoms with Crippen LogP contribution in [0.1, 0.15) is 35.0 Å². The van der Waals surface area contributed by atoms with Crippen molar-refractivity contribution in [2.24, 2.45) is 0 Å². The number of ether oxygens (including phenoxy) is 1. The molecule has 0 aliphatic heterocycles. The van der Waals surface area contributed by atoms with Gasteiger partial charge in [-0.3, -0.25) is 14.2 Å². The first-order valence-corrected chi connectivity index (χ1v) is 9.19. The normalized spacial score (nSPS) is 11.0. The zero-order valence-electron chi connectivity index (χ0n) is 15.5. The number of rotatable bonds is 5. The predicted octanol–water partition coefficient (Wildman–Crippen LogP) is 4.63. The lowest BCUT2D eigenvalue weighted by molar-refractivity contribution is -0.142. The van der Waals surface area contributed by atoms with Crippen molar-refractivity contribution >= 4 is 34.4 Å². The molecule has 2 aromatic carbocycles. The summed E-state index contributed by atoms with van der Waals surface area (Å²) in [6, 6.07) is 8.37. The number of carbonyl (C=O) groups excluding carboxylic acids is 2. The van der Waals surface area contributed by atoms with Gasteiger partial charge in [0.1, 0.15) is 11.6 Å². The quantitative estimate of drug-likeness (QED) is 0.630. The molecule has 28 heavy (non-hydrogen) atoms. The van der Waals surface area contributed by atoms with E-state index in [4.69, 9.17) is 16.3 Å². The second kappa shape index (κ2) is 8.02. The molecule has 0 bridgehead atoms. The van der Waals surface area contributed by atoms with Crippen LogP contribution in [0.2, 0.25) is 5.02 Å². The van der Waals surface area contributed by atoms with Gasteiger partial charge in [-0.15, -0.1) is 0 Å². The molecule has 5 nitrogen and oxygen atoms in total. The lowest BCUT2D eigenvalue weighted by atomic mass is 10.1. The van der Waals surface area contributed by atoms with E-state index in [-0.39, 0.29) is 22.8 Å². The van der Waals surface area contributed by atoms with Crippen LogP contribution in [0.5, 0.6) is 5.75 Å². The molecule has 146 valence electrons. The zero-order chi connectivity index (χ0) is 20.4. The number of halogens is 2. The van der Waals surface area contributed by atoms with Gasteiger partial charge in [-0.2, -0.15) is 0 Å². The number of fused-ring (bicyclic) bond motifs is 1. The minimum absolute atomic E-state index is 0.0119. The monoisotopic (exact) mass is 403 g/mol. The molecule has 0 atom stereocenters. The highest BCUT2D eigenvalue weighted by Gasteiger charge is 2.22. The highest BCUT2D eigenvalue weighted by Crippen LogP contribution is 2.31. The summed E-state index contributed by atoms with van der Waals surface area (Å²) in [4.78, 5) is 25.2. The van der Waals surface area contributed by atoms with Gasteiger partial charge in [-0.1, -0.05) is 18.5 Å². The number of phenolic OH excluding ortho intramolecular Hbond substituents is 1. The third kappa shape index (κ3) is 3.73. The first kappa shape index (κ1) is 19.9. The fraction of sp³-hybridized carbons (Fsp3) is 0.238. The number of hydrogen-bond donors (Lipinski definition) is 1. The fourth-order valence-electron chi connectivity index (χ4n) is 3.13. The Kier molecular flexibility index (Phi) is 5.70. The van der Waals surface area contributed by atoms with Crippen LogP contribution in [0.3, 0.4) is 0 Å². The maximum absolute atomic E-state index is 13.8. The van der Waals surface area contributed by atoms with Crippen molar-refractivity contribution in [3.63, 3.8) is 0 Å². The van der Waals surface area contributed by atoms with E-state index >= 15 is 0 Å². The first-order valence-electron chi connectivity index (χ1n) is 8.81. The van der Waals surface area contributed by atoms with Gasteiger partial charge in [0.2, 0.25) is 0 Å². The van der Waals surface area contributed by atoms with Crippen molar-refractivity contribution < 1.29 is 23.8 Å². The Labute approximate surface area is 166 Å². The van der Waals surface area contributed by atoms with E-state index in [0.717, 1.165) is 6.07 Å². The number of carbonyl (C=O) groups is 2. The topological polar surface area (TPSA) is 68.5 Å². The summed E-state index contributed by atoms with van der Waals surface area (Å²) in [5.74, 6) is -1.56. The van der Waals surface area contributed by atoms with Crippen molar-refractivity contribution in [3.8, 4) is 5.75 Å². The van der Waals surface area contributed by atoms with E-state index in [1.165, 1.54) is 28.8 Å². The van der Waals surface area contributed by atoms with Crippen molar-refractivity contribution in [2.75, 3.05) is 6.61 Å². The van der Waals surface area contributed by atoms with Crippen molar-refractivity contribution in [1.82, 2.24) is 4.57 Å². The number of esters is 1. The molecule has 0 radical (unpaired) electrons. The minimum Gasteiger partial charge on any atom is -0.508 e. The van der Waals surface area contributed by atoms with Gasteiger partial charge in [0.25, 0.3) is 5.91 Å². The van der Waals surface area contributed by atoms with E-state index in [2.05, 4.69) is 0 Å². The molecule has 0 spiro atoms. The van der Waals surface area contributed by atoms with Gasteiger partial charge in [0, 0.05) is 16.6 Å². The average molecular weight is 404 g/mol. The molecular weight excluding hydrogens is 385 g/mol. The summed E-state index contributed by atoms with van der Waals surface area (Å²) in [6.07, 6.45) is 0.662. The Morgan fingerprint density at radius 3 is 2.64 bits per heavy atom. The Balaban J connectivity index is 2.12. The van der Waals surface area contributed by atoms with Crippen LogP contribution in [0.15, 0.2) is 36.4 Å². The largest absolute Gasteiger partial charge is 0.508 e. The van der Waals surface area contributed by atoms with Gasteiger partial charge in [-0.25, -0.2) is 4.39 Å². The average Bonchev–Trinajstić information content (AvgIpc) is 2.93. The molecule has 0 aliphatic carbocycles. The Morgan fingerprint density at radius 1 is 1.21 bits per heavy atom. The molecule has 1 aromatic heterocycles. The molecule has 3 rings (SSSR count). The van der Waals surface area contributed by atoms with Gasteiger partial charge in [-0.05, 0) is 55.3 Å². The van der Waals surface area contributed by atoms with Gasteiger partial charge in [0.05, 0.1) is 23.6 Å². The minimum atomic E-state index is -0.692. The summed E-state index contributed by atoms with van der Waals surface area (Å²) < 4.78 is 20.4. The molecule has 0 saturated carbocycles. The molecule has 0 amide bonds. The molecule has 1 heterocycles. The highest BCUT2D eigenvalue weighted by molar-refractivity contribution is 6.30. The molecule has 0 fully saturated rings. The molecule has 0 aliphatic rings. The molecule has 0 unspecified atom stereocenters. The van der Waals surface area contributed by atoms with Crippen LogP contribution in [0, 0.1) is 12.7 Å². The third-order valence-corrected chi connectivity index (χ3v) is 4.78. The van der Waals surface area contributed by atoms with Crippen LogP contribution in [-0.2, 0) is 16.0 Å². The Hall–Kier alpha value is -2.86. The van der Waals surface area contributed by atoms with Crippen molar-refractivity contribution in [1.29, 1.82) is 0 Å². The first-order chi connectivity index (χ1) is 13.3. The summed E-state index contributed by atoms with van der Waals surface area (Å²) in [5.41, 5.74) is 1.73. The maximum Gasteiger partial charge on any atom is 0.310 e. The summed E-state index contributed by atoms with van der Waals surface area (Å²) in [5, 5.41) is 10.4. The van der Waals surface area contributed by atoms with Crippen LogP contribution in [0.25, 0.3) is 10.9 Å². The van der Waals surface area contributed by atoms with Crippen LogP contribution < -0.4 is 0 Å². The summed E-state index contributed by atoms with van der Waals surface area (Å²) in [6.45, 7) is 3.90. The van der Waals surface area contributed by atoms with Crippen LogP contribution in [0.4, 0.5) is 4.39 Å². The summed E-state index contributed by atoms with van der Waals surface area (Å²) in [7, 11) is 0. The van der Waals surface area contributed by atoms with E-state index in [9.17, 15) is 19.1 Å². The zero-order valence-corrected chi connectivity index (χ0v) is 16.2. The number of phenols is 1. The number of hydrogen-bond acceptors (Lipinski definition) is 4. The number of aromatic nitrogens is 1. The summed E-state index contributed by atoms with van der Waals surface area (Å²) >= 11 is 5.71. The third-order valence-electron chi connectivity index (χ3n) is 4.48. The Bertz CT molecular complexity index is 1070. The fourth-order valence-corrected chi connectivity index (χ4v) is 3.24. The molecule has 0 saturated heterocycles. The molecule has 7 heteroatoms. The highest BCUT2D eigenvalue weighted by atomic mass is 35.5. The van der Waals surface area contributed by atoms with Gasteiger partial charge < -0.3 is 9.84 Å². The van der Waals surface area contributed by atoms with Gasteiger partial charge >= 0.3 is 5.97 Å². The van der Waals surface area contributed by atoms with E-state index < -0.39 is 17.7 Å². The number of aromatic hydroxyl groups is 1. The van der Waals surface area contributed by atoms with Crippen LogP contribution >= 0.6 is 11.6 Å². The molecular formula is C21H19ClFNO4. The lowest BCUT2D eigenvalue weighted by Gasteiger charge is -2.08. The maximum atomic E-state index is 13.8. The molecule has 1 N–H and O–H groups in total. The van der Waals surface area contributed by atoms with Crippen molar-refractivity contribution in [2.45, 2.75) is 26.7 Å². The SMILES string of the molecule is CCCOC(=O)Cc1c(C)n(C(=O)c2ccc(Cl)c(F)c2)c2ccc(O)cc12. The van der Waals surface area contributed by atoms with Crippen LogP contribution in [-0.4, -0.2) is 28.2 Å². The van der Waals surface area contributed by atoms with E-state index in [1.807, 2.05) is 6.92 Å². The van der Waals surface area contributed by atoms with Gasteiger partial charge in [0.15, 0.2) is 0 Å². The van der Waals surface area contributed by atoms with E-state index in [0.29, 0.717) is 35.2 Å². The second-order valence-electron chi connectivity index (χ2n) is 6.43. The van der Waals surface area contributed by atoms with E-state index in [1.54, 1.807) is 13.0 Å². The lowest BCUT2D eigenvalue weighted by Crippen LogP contribution is -2.15. The molecule has 3 aromatic rings. The standard InChI is InChI=1S/C21H19ClFNO4/c1-3-8-28-20(26)11-15-12(2)24(19-7-5-14(25)10-16(15)19)21(27)13-4-6-17(22)18(23)9-13/h4-7,9-10,25H,3,8,11H2,1-2H3.